The third kappa shape index (κ3) is 3.28. The highest BCUT2D eigenvalue weighted by atomic mass is 16.2. The van der Waals surface area contributed by atoms with Crippen LogP contribution in [0.15, 0.2) is 24.3 Å². The van der Waals surface area contributed by atoms with E-state index in [4.69, 9.17) is 0 Å². The van der Waals surface area contributed by atoms with Crippen molar-refractivity contribution in [2.75, 3.05) is 11.4 Å². The number of urea groups is 1. The van der Waals surface area contributed by atoms with Gasteiger partial charge in [0.25, 0.3) is 0 Å². The molecule has 0 saturated heterocycles. The molecule has 1 heterocycles. The molecule has 2 rings (SSSR count). The molecule has 2 amide bonds. The zero-order valence-corrected chi connectivity index (χ0v) is 12.0. The van der Waals surface area contributed by atoms with Crippen LogP contribution < -0.4 is 10.2 Å². The van der Waals surface area contributed by atoms with Crippen LogP contribution in [0.5, 0.6) is 0 Å². The summed E-state index contributed by atoms with van der Waals surface area (Å²) in [6.07, 6.45) is 5.70. The number of hydrogen-bond donors (Lipinski definition) is 1. The maximum Gasteiger partial charge on any atom is 0.322 e. The number of unbranched alkanes of at least 4 members (excludes halogenated alkanes) is 3. The van der Waals surface area contributed by atoms with Crippen molar-refractivity contribution in [2.45, 2.75) is 52.0 Å². The summed E-state index contributed by atoms with van der Waals surface area (Å²) in [5, 5.41) is 3.04. The number of para-hydroxylation sites is 1. The highest BCUT2D eigenvalue weighted by molar-refractivity contribution is 5.94. The number of fused-ring (bicyclic) bond motifs is 1. The van der Waals surface area contributed by atoms with Crippen LogP contribution >= 0.6 is 0 Å². The summed E-state index contributed by atoms with van der Waals surface area (Å²) in [6.45, 7) is 5.09. The van der Waals surface area contributed by atoms with E-state index in [0.717, 1.165) is 25.1 Å². The van der Waals surface area contributed by atoms with Crippen LogP contribution in [0.3, 0.4) is 0 Å². The monoisotopic (exact) mass is 260 g/mol. The van der Waals surface area contributed by atoms with Gasteiger partial charge in [-0.25, -0.2) is 4.79 Å². The van der Waals surface area contributed by atoms with Crippen LogP contribution in [-0.2, 0) is 6.42 Å². The minimum absolute atomic E-state index is 0.0500. The van der Waals surface area contributed by atoms with Crippen LogP contribution in [0.25, 0.3) is 0 Å². The summed E-state index contributed by atoms with van der Waals surface area (Å²) in [6, 6.07) is 8.49. The van der Waals surface area contributed by atoms with Gasteiger partial charge in [0.2, 0.25) is 0 Å². The first-order chi connectivity index (χ1) is 9.24. The van der Waals surface area contributed by atoms with Crippen molar-refractivity contribution in [1.82, 2.24) is 5.32 Å². The Bertz CT molecular complexity index is 431. The van der Waals surface area contributed by atoms with Gasteiger partial charge in [-0.15, -0.1) is 0 Å². The standard InChI is InChI=1S/C16H24N2O/c1-3-4-5-8-11-17-16(19)18-13(2)12-14-9-6-7-10-15(14)18/h6-7,9-10,13H,3-5,8,11-12H2,1-2H3,(H,17,19)/t13-/m0/s1. The number of rotatable bonds is 5. The van der Waals surface area contributed by atoms with E-state index in [2.05, 4.69) is 25.2 Å². The van der Waals surface area contributed by atoms with Gasteiger partial charge in [0.1, 0.15) is 0 Å². The lowest BCUT2D eigenvalue weighted by Gasteiger charge is -2.23. The molecular formula is C16H24N2O. The molecular weight excluding hydrogens is 236 g/mol. The first kappa shape index (κ1) is 13.9. The summed E-state index contributed by atoms with van der Waals surface area (Å²) in [5.74, 6) is 0. The first-order valence-electron chi connectivity index (χ1n) is 7.39. The molecule has 0 bridgehead atoms. The largest absolute Gasteiger partial charge is 0.338 e. The second-order valence-electron chi connectivity index (χ2n) is 5.34. The first-order valence-corrected chi connectivity index (χ1v) is 7.39. The number of carbonyl (C=O) groups excluding carboxylic acids is 1. The number of nitrogens with zero attached hydrogens (tertiary/aromatic N) is 1. The highest BCUT2D eigenvalue weighted by Crippen LogP contribution is 2.31. The molecule has 3 nitrogen and oxygen atoms in total. The maximum atomic E-state index is 12.3. The van der Waals surface area contributed by atoms with Crippen LogP contribution in [0.2, 0.25) is 0 Å². The van der Waals surface area contributed by atoms with Gasteiger partial charge >= 0.3 is 6.03 Å². The summed E-state index contributed by atoms with van der Waals surface area (Å²) in [4.78, 5) is 14.2. The lowest BCUT2D eigenvalue weighted by molar-refractivity contribution is 0.245. The SMILES string of the molecule is CCCCCCNC(=O)N1c2ccccc2C[C@@H]1C. The summed E-state index contributed by atoms with van der Waals surface area (Å²) in [7, 11) is 0. The van der Waals surface area contributed by atoms with Gasteiger partial charge in [0.15, 0.2) is 0 Å². The topological polar surface area (TPSA) is 32.3 Å². The number of benzene rings is 1. The molecule has 0 spiro atoms. The third-order valence-corrected chi connectivity index (χ3v) is 3.73. The molecule has 104 valence electrons. The van der Waals surface area contributed by atoms with Crippen molar-refractivity contribution in [3.05, 3.63) is 29.8 Å². The van der Waals surface area contributed by atoms with E-state index in [1.54, 1.807) is 0 Å². The molecule has 3 heteroatoms. The third-order valence-electron chi connectivity index (χ3n) is 3.73. The van der Waals surface area contributed by atoms with Crippen molar-refractivity contribution >= 4 is 11.7 Å². The Kier molecular flexibility index (Phi) is 4.83. The smallest absolute Gasteiger partial charge is 0.322 e. The van der Waals surface area contributed by atoms with Crippen molar-refractivity contribution in [3.63, 3.8) is 0 Å². The van der Waals surface area contributed by atoms with Crippen LogP contribution in [0.1, 0.15) is 45.1 Å². The Morgan fingerprint density at radius 2 is 2.11 bits per heavy atom. The van der Waals surface area contributed by atoms with Gasteiger partial charge < -0.3 is 5.32 Å². The number of carbonyl (C=O) groups is 1. The molecule has 1 aromatic rings. The van der Waals surface area contributed by atoms with Crippen LogP contribution in [-0.4, -0.2) is 18.6 Å². The van der Waals surface area contributed by atoms with E-state index in [1.807, 2.05) is 23.1 Å². The number of anilines is 1. The van der Waals surface area contributed by atoms with Gasteiger partial charge in [-0.3, -0.25) is 4.90 Å². The average molecular weight is 260 g/mol. The van der Waals surface area contributed by atoms with E-state index in [1.165, 1.54) is 24.8 Å². The zero-order valence-electron chi connectivity index (χ0n) is 12.0. The second kappa shape index (κ2) is 6.60. The van der Waals surface area contributed by atoms with E-state index in [9.17, 15) is 4.79 Å². The molecule has 1 N–H and O–H groups in total. The Labute approximate surface area is 116 Å². The molecule has 1 aliphatic heterocycles. The fourth-order valence-corrected chi connectivity index (χ4v) is 2.71. The van der Waals surface area contributed by atoms with Gasteiger partial charge in [-0.05, 0) is 31.4 Å². The quantitative estimate of drug-likeness (QED) is 0.804. The lowest BCUT2D eigenvalue weighted by atomic mass is 10.1. The molecule has 1 aliphatic rings. The van der Waals surface area contributed by atoms with E-state index < -0.39 is 0 Å². The van der Waals surface area contributed by atoms with Crippen LogP contribution in [0, 0.1) is 0 Å². The fourth-order valence-electron chi connectivity index (χ4n) is 2.71. The van der Waals surface area contributed by atoms with Gasteiger partial charge in [-0.1, -0.05) is 44.4 Å². The van der Waals surface area contributed by atoms with E-state index >= 15 is 0 Å². The minimum atomic E-state index is 0.0500. The zero-order chi connectivity index (χ0) is 13.7. The molecule has 0 radical (unpaired) electrons. The van der Waals surface area contributed by atoms with Crippen molar-refractivity contribution in [3.8, 4) is 0 Å². The Morgan fingerprint density at radius 1 is 1.32 bits per heavy atom. The Balaban J connectivity index is 1.89. The number of hydrogen-bond acceptors (Lipinski definition) is 1. The summed E-state index contributed by atoms with van der Waals surface area (Å²) >= 11 is 0. The van der Waals surface area contributed by atoms with Crippen molar-refractivity contribution in [1.29, 1.82) is 0 Å². The number of nitrogens with one attached hydrogen (secondary N) is 1. The average Bonchev–Trinajstić information content (AvgIpc) is 2.74. The van der Waals surface area contributed by atoms with E-state index in [-0.39, 0.29) is 12.1 Å². The predicted molar refractivity (Wildman–Crippen MR) is 79.6 cm³/mol. The molecule has 19 heavy (non-hydrogen) atoms. The normalized spacial score (nSPS) is 17.4. The van der Waals surface area contributed by atoms with Crippen molar-refractivity contribution in [2.24, 2.45) is 0 Å². The Hall–Kier alpha value is -1.51. The molecule has 0 unspecified atom stereocenters. The van der Waals surface area contributed by atoms with Crippen LogP contribution in [0.4, 0.5) is 10.5 Å². The Morgan fingerprint density at radius 3 is 2.89 bits per heavy atom. The van der Waals surface area contributed by atoms with Crippen molar-refractivity contribution < 1.29 is 4.79 Å². The number of amides is 2. The molecule has 0 aromatic heterocycles. The van der Waals surface area contributed by atoms with Gasteiger partial charge in [-0.2, -0.15) is 0 Å². The maximum absolute atomic E-state index is 12.3. The predicted octanol–water partition coefficient (Wildman–Crippen LogP) is 3.73. The molecule has 0 fully saturated rings. The highest BCUT2D eigenvalue weighted by Gasteiger charge is 2.30. The fraction of sp³-hybridized carbons (Fsp3) is 0.562. The van der Waals surface area contributed by atoms with E-state index in [0.29, 0.717) is 0 Å². The second-order valence-corrected chi connectivity index (χ2v) is 5.34. The van der Waals surface area contributed by atoms with Gasteiger partial charge in [0, 0.05) is 18.3 Å². The molecule has 1 aromatic carbocycles. The molecule has 1 atom stereocenters. The molecule has 0 saturated carbocycles. The minimum Gasteiger partial charge on any atom is -0.338 e. The molecule has 0 aliphatic carbocycles. The summed E-state index contributed by atoms with van der Waals surface area (Å²) in [5.41, 5.74) is 2.34. The van der Waals surface area contributed by atoms with Gasteiger partial charge in [0.05, 0.1) is 0 Å². The summed E-state index contributed by atoms with van der Waals surface area (Å²) < 4.78 is 0. The lowest BCUT2D eigenvalue weighted by Crippen LogP contribution is -2.43.